The molecule has 0 amide bonds. The Bertz CT molecular complexity index is 597. The summed E-state index contributed by atoms with van der Waals surface area (Å²) in [6.45, 7) is 7.60. The maximum absolute atomic E-state index is 6.12. The minimum Gasteiger partial charge on any atom is -0.459 e. The molecular weight excluding hydrogens is 234 g/mol. The molecule has 0 aliphatic heterocycles. The highest BCUT2D eigenvalue weighted by molar-refractivity contribution is 5.84. The molecule has 1 heterocycles. The highest BCUT2D eigenvalue weighted by atomic mass is 16.3. The number of hydrogen-bond acceptors (Lipinski definition) is 2. The molecule has 102 valence electrons. The van der Waals surface area contributed by atoms with E-state index < -0.39 is 0 Å². The molecule has 1 atom stereocenters. The Labute approximate surface area is 115 Å². The molecule has 2 aromatic rings. The van der Waals surface area contributed by atoms with Crippen LogP contribution in [0.15, 0.2) is 16.5 Å². The van der Waals surface area contributed by atoms with Crippen molar-refractivity contribution in [2.75, 3.05) is 6.54 Å². The normalized spacial score (nSPS) is 15.9. The second-order valence-electron chi connectivity index (χ2n) is 5.74. The van der Waals surface area contributed by atoms with E-state index in [-0.39, 0.29) is 0 Å². The van der Waals surface area contributed by atoms with E-state index in [1.165, 1.54) is 41.3 Å². The fourth-order valence-corrected chi connectivity index (χ4v) is 3.17. The zero-order valence-electron chi connectivity index (χ0n) is 12.2. The molecule has 19 heavy (non-hydrogen) atoms. The fourth-order valence-electron chi connectivity index (χ4n) is 3.17. The molecule has 0 bridgehead atoms. The quantitative estimate of drug-likeness (QED) is 0.884. The lowest BCUT2D eigenvalue weighted by Crippen LogP contribution is -2.19. The number of hydrogen-bond donors (Lipinski definition) is 1. The molecule has 0 radical (unpaired) electrons. The first-order valence-corrected chi connectivity index (χ1v) is 7.49. The van der Waals surface area contributed by atoms with Gasteiger partial charge in [-0.25, -0.2) is 0 Å². The minimum absolute atomic E-state index is 0.294. The highest BCUT2D eigenvalue weighted by Gasteiger charge is 2.19. The van der Waals surface area contributed by atoms with Gasteiger partial charge in [0.25, 0.3) is 0 Å². The van der Waals surface area contributed by atoms with Crippen LogP contribution >= 0.6 is 0 Å². The molecule has 2 heteroatoms. The lowest BCUT2D eigenvalue weighted by atomic mass is 10.0. The summed E-state index contributed by atoms with van der Waals surface area (Å²) >= 11 is 0. The first-order chi connectivity index (χ1) is 9.20. The molecule has 0 spiro atoms. The molecule has 0 saturated heterocycles. The van der Waals surface area contributed by atoms with Crippen LogP contribution in [0, 0.1) is 6.92 Å². The maximum atomic E-state index is 6.12. The minimum atomic E-state index is 0.294. The van der Waals surface area contributed by atoms with Gasteiger partial charge < -0.3 is 9.73 Å². The third-order valence-electron chi connectivity index (χ3n) is 4.28. The summed E-state index contributed by atoms with van der Waals surface area (Å²) in [4.78, 5) is 0. The van der Waals surface area contributed by atoms with Gasteiger partial charge in [-0.2, -0.15) is 0 Å². The van der Waals surface area contributed by atoms with Crippen molar-refractivity contribution in [1.82, 2.24) is 5.32 Å². The largest absolute Gasteiger partial charge is 0.459 e. The van der Waals surface area contributed by atoms with Crippen molar-refractivity contribution in [2.24, 2.45) is 0 Å². The standard InChI is InChI=1S/C17H23NO/c1-4-8-18-12(3)17-11(2)15-9-13-6-5-7-14(13)10-16(15)19-17/h9-10,12,18H,4-8H2,1-3H3. The summed E-state index contributed by atoms with van der Waals surface area (Å²) < 4.78 is 6.12. The van der Waals surface area contributed by atoms with Crippen molar-refractivity contribution in [3.8, 4) is 0 Å². The van der Waals surface area contributed by atoms with E-state index in [0.29, 0.717) is 6.04 Å². The van der Waals surface area contributed by atoms with Crippen LogP contribution in [-0.2, 0) is 12.8 Å². The van der Waals surface area contributed by atoms with Crippen LogP contribution in [0.25, 0.3) is 11.0 Å². The average molecular weight is 257 g/mol. The van der Waals surface area contributed by atoms with E-state index in [0.717, 1.165) is 24.3 Å². The van der Waals surface area contributed by atoms with Crippen molar-refractivity contribution >= 4 is 11.0 Å². The van der Waals surface area contributed by atoms with E-state index in [1.807, 2.05) is 0 Å². The average Bonchev–Trinajstić information content (AvgIpc) is 2.98. The molecule has 1 aromatic carbocycles. The number of furan rings is 1. The first-order valence-electron chi connectivity index (χ1n) is 7.49. The van der Waals surface area contributed by atoms with Crippen molar-refractivity contribution in [3.05, 3.63) is 34.6 Å². The number of aryl methyl sites for hydroxylation is 3. The molecule has 1 aromatic heterocycles. The third-order valence-corrected chi connectivity index (χ3v) is 4.28. The van der Waals surface area contributed by atoms with Crippen LogP contribution in [0.2, 0.25) is 0 Å². The second kappa shape index (κ2) is 5.01. The van der Waals surface area contributed by atoms with Crippen LogP contribution in [0.5, 0.6) is 0 Å². The van der Waals surface area contributed by atoms with Gasteiger partial charge >= 0.3 is 0 Å². The van der Waals surface area contributed by atoms with E-state index in [1.54, 1.807) is 0 Å². The number of fused-ring (bicyclic) bond motifs is 2. The van der Waals surface area contributed by atoms with E-state index >= 15 is 0 Å². The molecule has 3 rings (SSSR count). The number of benzene rings is 1. The number of rotatable bonds is 4. The summed E-state index contributed by atoms with van der Waals surface area (Å²) in [7, 11) is 0. The molecule has 1 N–H and O–H groups in total. The van der Waals surface area contributed by atoms with Gasteiger partial charge in [-0.3, -0.25) is 0 Å². The Morgan fingerprint density at radius 3 is 2.74 bits per heavy atom. The van der Waals surface area contributed by atoms with Crippen LogP contribution in [0.3, 0.4) is 0 Å². The van der Waals surface area contributed by atoms with Crippen molar-refractivity contribution < 1.29 is 4.42 Å². The lowest BCUT2D eigenvalue weighted by molar-refractivity contribution is 0.448. The SMILES string of the molecule is CCCNC(C)c1oc2cc3c(cc2c1C)CCC3. The molecule has 1 aliphatic carbocycles. The van der Waals surface area contributed by atoms with E-state index in [9.17, 15) is 0 Å². The maximum Gasteiger partial charge on any atom is 0.134 e. The Balaban J connectivity index is 2.01. The monoisotopic (exact) mass is 257 g/mol. The van der Waals surface area contributed by atoms with Gasteiger partial charge in [-0.15, -0.1) is 0 Å². The van der Waals surface area contributed by atoms with Crippen LogP contribution in [-0.4, -0.2) is 6.54 Å². The van der Waals surface area contributed by atoms with Gasteiger partial charge in [0.15, 0.2) is 0 Å². The van der Waals surface area contributed by atoms with E-state index in [4.69, 9.17) is 4.42 Å². The van der Waals surface area contributed by atoms with Gasteiger partial charge in [0.05, 0.1) is 6.04 Å². The predicted molar refractivity (Wildman–Crippen MR) is 79.7 cm³/mol. The van der Waals surface area contributed by atoms with Crippen molar-refractivity contribution in [2.45, 2.75) is 52.5 Å². The summed E-state index contributed by atoms with van der Waals surface area (Å²) in [5, 5.41) is 4.82. The zero-order chi connectivity index (χ0) is 13.4. The molecule has 1 unspecified atom stereocenters. The summed E-state index contributed by atoms with van der Waals surface area (Å²) in [5.74, 6) is 1.10. The Morgan fingerprint density at radius 1 is 1.26 bits per heavy atom. The molecule has 0 saturated carbocycles. The van der Waals surface area contributed by atoms with Gasteiger partial charge in [0, 0.05) is 5.39 Å². The Morgan fingerprint density at radius 2 is 2.00 bits per heavy atom. The Kier molecular flexibility index (Phi) is 3.36. The van der Waals surface area contributed by atoms with E-state index in [2.05, 4.69) is 38.2 Å². The summed E-state index contributed by atoms with van der Waals surface area (Å²) in [6.07, 6.45) is 4.89. The first kappa shape index (κ1) is 12.7. The Hall–Kier alpha value is -1.28. The van der Waals surface area contributed by atoms with Gasteiger partial charge in [-0.1, -0.05) is 6.92 Å². The predicted octanol–water partition coefficient (Wildman–Crippen LogP) is 4.29. The van der Waals surface area contributed by atoms with Gasteiger partial charge in [0.1, 0.15) is 11.3 Å². The van der Waals surface area contributed by atoms with Crippen LogP contribution < -0.4 is 5.32 Å². The highest BCUT2D eigenvalue weighted by Crippen LogP contribution is 2.34. The fraction of sp³-hybridized carbons (Fsp3) is 0.529. The lowest BCUT2D eigenvalue weighted by Gasteiger charge is -2.11. The molecular formula is C17H23NO. The third kappa shape index (κ3) is 2.18. The van der Waals surface area contributed by atoms with Crippen molar-refractivity contribution in [1.29, 1.82) is 0 Å². The summed E-state index contributed by atoms with van der Waals surface area (Å²) in [5.41, 5.74) is 5.39. The topological polar surface area (TPSA) is 25.2 Å². The van der Waals surface area contributed by atoms with Crippen LogP contribution in [0.4, 0.5) is 0 Å². The van der Waals surface area contributed by atoms with Gasteiger partial charge in [-0.05, 0) is 74.9 Å². The molecule has 0 fully saturated rings. The second-order valence-corrected chi connectivity index (χ2v) is 5.74. The van der Waals surface area contributed by atoms with Crippen molar-refractivity contribution in [3.63, 3.8) is 0 Å². The smallest absolute Gasteiger partial charge is 0.134 e. The summed E-state index contributed by atoms with van der Waals surface area (Å²) in [6, 6.07) is 4.91. The van der Waals surface area contributed by atoms with Crippen LogP contribution in [0.1, 0.15) is 55.2 Å². The molecule has 2 nitrogen and oxygen atoms in total. The van der Waals surface area contributed by atoms with Gasteiger partial charge in [0.2, 0.25) is 0 Å². The number of nitrogens with one attached hydrogen (secondary N) is 1. The molecule has 1 aliphatic rings. The zero-order valence-corrected chi connectivity index (χ0v) is 12.2.